The Kier molecular flexibility index (Phi) is 5.35. The zero-order chi connectivity index (χ0) is 14.6. The fraction of sp³-hybridized carbons (Fsp3) is 0.462. The van der Waals surface area contributed by atoms with Gasteiger partial charge < -0.3 is 5.32 Å². The molecule has 0 radical (unpaired) electrons. The Hall–Kier alpha value is -0.720. The first-order valence-electron chi connectivity index (χ1n) is 6.22. The summed E-state index contributed by atoms with van der Waals surface area (Å²) >= 11 is 7.43. The first-order valence-corrected chi connectivity index (χ1v) is 9.63. The fourth-order valence-electron chi connectivity index (χ4n) is 2.02. The molecule has 1 fully saturated rings. The number of hydrogen-bond donors (Lipinski definition) is 1. The van der Waals surface area contributed by atoms with Crippen LogP contribution in [0.15, 0.2) is 30.3 Å². The molecule has 0 saturated carbocycles. The van der Waals surface area contributed by atoms with Gasteiger partial charge in [0.25, 0.3) is 0 Å². The molecule has 1 aromatic carbocycles. The molecule has 0 unspecified atom stereocenters. The molecular formula is C13H16ClNO3S2. The highest BCUT2D eigenvalue weighted by Crippen LogP contribution is 2.18. The van der Waals surface area contributed by atoms with Crippen LogP contribution in [-0.2, 0) is 20.4 Å². The lowest BCUT2D eigenvalue weighted by atomic mass is 10.2. The van der Waals surface area contributed by atoms with Crippen LogP contribution in [0.4, 0.5) is 0 Å². The Labute approximate surface area is 128 Å². The summed E-state index contributed by atoms with van der Waals surface area (Å²) in [6.07, 6.45) is 0. The number of thioether (sulfide) groups is 1. The first kappa shape index (κ1) is 15.7. The van der Waals surface area contributed by atoms with Gasteiger partial charge in [-0.3, -0.25) is 4.79 Å². The molecule has 4 nitrogen and oxygen atoms in total. The van der Waals surface area contributed by atoms with E-state index in [1.54, 1.807) is 0 Å². The minimum atomic E-state index is -3.11. The molecule has 7 heteroatoms. The van der Waals surface area contributed by atoms with Gasteiger partial charge in [-0.25, -0.2) is 8.42 Å². The highest BCUT2D eigenvalue weighted by molar-refractivity contribution is 7.99. The quantitative estimate of drug-likeness (QED) is 0.828. The highest BCUT2D eigenvalue weighted by atomic mass is 35.5. The van der Waals surface area contributed by atoms with Crippen molar-refractivity contribution < 1.29 is 13.2 Å². The van der Waals surface area contributed by atoms with Gasteiger partial charge in [0.05, 0.1) is 28.7 Å². The Morgan fingerprint density at radius 2 is 2.00 bits per heavy atom. The van der Waals surface area contributed by atoms with Crippen LogP contribution in [0.5, 0.6) is 0 Å². The molecule has 1 aliphatic heterocycles. The van der Waals surface area contributed by atoms with E-state index in [4.69, 9.17) is 11.6 Å². The smallest absolute Gasteiger partial charge is 0.230 e. The van der Waals surface area contributed by atoms with Crippen LogP contribution in [0, 0.1) is 0 Å². The molecule has 1 amide bonds. The molecule has 2 rings (SSSR count). The van der Waals surface area contributed by atoms with Crippen LogP contribution in [0.3, 0.4) is 0 Å². The Morgan fingerprint density at radius 3 is 2.60 bits per heavy atom. The summed E-state index contributed by atoms with van der Waals surface area (Å²) in [5, 5.41) is 2.17. The van der Waals surface area contributed by atoms with E-state index in [0.29, 0.717) is 5.75 Å². The molecule has 110 valence electrons. The van der Waals surface area contributed by atoms with E-state index in [1.807, 2.05) is 30.3 Å². The van der Waals surface area contributed by atoms with Crippen LogP contribution in [-0.4, -0.2) is 43.0 Å². The van der Waals surface area contributed by atoms with Gasteiger partial charge in [-0.05, 0) is 5.56 Å². The van der Waals surface area contributed by atoms with Gasteiger partial charge in [0.2, 0.25) is 5.91 Å². The topological polar surface area (TPSA) is 63.2 Å². The maximum Gasteiger partial charge on any atom is 0.230 e. The summed E-state index contributed by atoms with van der Waals surface area (Å²) in [6.45, 7) is 0. The second kappa shape index (κ2) is 6.83. The van der Waals surface area contributed by atoms with Crippen LogP contribution < -0.4 is 5.32 Å². The molecule has 1 heterocycles. The molecule has 20 heavy (non-hydrogen) atoms. The molecule has 0 bridgehead atoms. The van der Waals surface area contributed by atoms with E-state index in [0.717, 1.165) is 11.3 Å². The standard InChI is InChI=1S/C13H16ClNO3S2/c14-11-8-20(17,18)9-12(11)15-13(16)7-19-6-10-4-2-1-3-5-10/h1-5,11-12H,6-9H2,(H,15,16)/t11-,12+/m1/s1. The van der Waals surface area contributed by atoms with Crippen molar-refractivity contribution >= 4 is 39.1 Å². The third-order valence-corrected chi connectivity index (χ3v) is 6.35. The van der Waals surface area contributed by atoms with E-state index in [2.05, 4.69) is 5.32 Å². The minimum Gasteiger partial charge on any atom is -0.350 e. The van der Waals surface area contributed by atoms with Gasteiger partial charge >= 0.3 is 0 Å². The Balaban J connectivity index is 1.73. The number of sulfone groups is 1. The second-order valence-corrected chi connectivity index (χ2v) is 8.45. The van der Waals surface area contributed by atoms with Crippen molar-refractivity contribution in [3.8, 4) is 0 Å². The number of benzene rings is 1. The number of carbonyl (C=O) groups excluding carboxylic acids is 1. The van der Waals surface area contributed by atoms with Crippen molar-refractivity contribution in [3.05, 3.63) is 35.9 Å². The molecule has 2 atom stereocenters. The van der Waals surface area contributed by atoms with Gasteiger partial charge in [0.15, 0.2) is 9.84 Å². The largest absolute Gasteiger partial charge is 0.350 e. The van der Waals surface area contributed by atoms with Crippen molar-refractivity contribution in [1.29, 1.82) is 0 Å². The monoisotopic (exact) mass is 333 g/mol. The number of carbonyl (C=O) groups is 1. The molecule has 1 aliphatic rings. The van der Waals surface area contributed by atoms with Gasteiger partial charge in [0, 0.05) is 5.75 Å². The summed E-state index contributed by atoms with van der Waals surface area (Å²) in [7, 11) is -3.11. The lowest BCUT2D eigenvalue weighted by Gasteiger charge is -2.14. The summed E-state index contributed by atoms with van der Waals surface area (Å²) in [5.74, 6) is 0.766. The normalized spacial score (nSPS) is 24.4. The van der Waals surface area contributed by atoms with E-state index < -0.39 is 21.3 Å². The number of rotatable bonds is 5. The third-order valence-electron chi connectivity index (χ3n) is 2.97. The van der Waals surface area contributed by atoms with Crippen LogP contribution in [0.1, 0.15) is 5.56 Å². The van der Waals surface area contributed by atoms with Crippen LogP contribution >= 0.6 is 23.4 Å². The molecular weight excluding hydrogens is 318 g/mol. The number of halogens is 1. The summed E-state index contributed by atoms with van der Waals surface area (Å²) in [6, 6.07) is 9.40. The van der Waals surface area contributed by atoms with E-state index in [-0.39, 0.29) is 17.4 Å². The highest BCUT2D eigenvalue weighted by Gasteiger charge is 2.37. The van der Waals surface area contributed by atoms with Crippen LogP contribution in [0.2, 0.25) is 0 Å². The van der Waals surface area contributed by atoms with E-state index >= 15 is 0 Å². The molecule has 0 aliphatic carbocycles. The average Bonchev–Trinajstić information content (AvgIpc) is 2.63. The molecule has 1 N–H and O–H groups in total. The molecule has 0 spiro atoms. The summed E-state index contributed by atoms with van der Waals surface area (Å²) in [5.41, 5.74) is 1.16. The number of hydrogen-bond acceptors (Lipinski definition) is 4. The second-order valence-electron chi connectivity index (χ2n) is 4.75. The maximum absolute atomic E-state index is 11.8. The van der Waals surface area contributed by atoms with Crippen molar-refractivity contribution in [2.24, 2.45) is 0 Å². The predicted molar refractivity (Wildman–Crippen MR) is 82.8 cm³/mol. The summed E-state index contributed by atoms with van der Waals surface area (Å²) < 4.78 is 22.8. The van der Waals surface area contributed by atoms with Crippen molar-refractivity contribution in [1.82, 2.24) is 5.32 Å². The van der Waals surface area contributed by atoms with E-state index in [9.17, 15) is 13.2 Å². The van der Waals surface area contributed by atoms with Crippen molar-refractivity contribution in [2.75, 3.05) is 17.3 Å². The number of alkyl halides is 1. The number of nitrogens with one attached hydrogen (secondary N) is 1. The molecule has 1 aromatic rings. The third kappa shape index (κ3) is 4.68. The van der Waals surface area contributed by atoms with Gasteiger partial charge in [-0.15, -0.1) is 23.4 Å². The Bertz CT molecular complexity index is 562. The maximum atomic E-state index is 11.8. The molecule has 1 saturated heterocycles. The lowest BCUT2D eigenvalue weighted by Crippen LogP contribution is -2.41. The van der Waals surface area contributed by atoms with Crippen molar-refractivity contribution in [3.63, 3.8) is 0 Å². The van der Waals surface area contributed by atoms with Crippen molar-refractivity contribution in [2.45, 2.75) is 17.2 Å². The predicted octanol–water partition coefficient (Wildman–Crippen LogP) is 1.44. The minimum absolute atomic E-state index is 0.0589. The van der Waals surface area contributed by atoms with Gasteiger partial charge in [-0.1, -0.05) is 30.3 Å². The Morgan fingerprint density at radius 1 is 1.30 bits per heavy atom. The fourth-order valence-corrected chi connectivity index (χ4v) is 5.37. The SMILES string of the molecule is O=C(CSCc1ccccc1)N[C@H]1CS(=O)(=O)C[C@H]1Cl. The van der Waals surface area contributed by atoms with Gasteiger partial charge in [-0.2, -0.15) is 0 Å². The molecule has 0 aromatic heterocycles. The zero-order valence-corrected chi connectivity index (χ0v) is 13.2. The number of amides is 1. The summed E-state index contributed by atoms with van der Waals surface area (Å²) in [4.78, 5) is 11.8. The van der Waals surface area contributed by atoms with Crippen LogP contribution in [0.25, 0.3) is 0 Å². The zero-order valence-electron chi connectivity index (χ0n) is 10.8. The van der Waals surface area contributed by atoms with Gasteiger partial charge in [0.1, 0.15) is 0 Å². The average molecular weight is 334 g/mol. The first-order chi connectivity index (χ1) is 9.46. The van der Waals surface area contributed by atoms with E-state index in [1.165, 1.54) is 11.8 Å². The lowest BCUT2D eigenvalue weighted by molar-refractivity contribution is -0.119.